The molecule has 1 atom stereocenters. The van der Waals surface area contributed by atoms with Crippen molar-refractivity contribution in [2.24, 2.45) is 5.73 Å². The van der Waals surface area contributed by atoms with Crippen molar-refractivity contribution in [3.63, 3.8) is 0 Å². The molecule has 0 amide bonds. The largest absolute Gasteiger partial charge is 0.379 e. The molecule has 3 N–H and O–H groups in total. The van der Waals surface area contributed by atoms with E-state index in [4.69, 9.17) is 10.5 Å². The summed E-state index contributed by atoms with van der Waals surface area (Å²) in [5.74, 6) is 0. The predicted molar refractivity (Wildman–Crippen MR) is 48.0 cm³/mol. The Kier molecular flexibility index (Phi) is 1.90. The average Bonchev–Trinajstić information content (AvgIpc) is 2.60. The van der Waals surface area contributed by atoms with Gasteiger partial charge in [-0.15, -0.1) is 0 Å². The number of rotatable bonds is 3. The molecule has 1 aliphatic heterocycles. The first-order valence-corrected chi connectivity index (χ1v) is 4.74. The second kappa shape index (κ2) is 2.69. The molecule has 1 saturated carbocycles. The van der Waals surface area contributed by atoms with Crippen molar-refractivity contribution in [1.82, 2.24) is 5.32 Å². The third-order valence-electron chi connectivity index (χ3n) is 3.00. The first kappa shape index (κ1) is 8.48. The van der Waals surface area contributed by atoms with Crippen molar-refractivity contribution < 1.29 is 4.74 Å². The lowest BCUT2D eigenvalue weighted by molar-refractivity contribution is 0.176. The highest BCUT2D eigenvalue weighted by atomic mass is 16.5. The minimum Gasteiger partial charge on any atom is -0.379 e. The van der Waals surface area contributed by atoms with E-state index in [2.05, 4.69) is 12.2 Å². The molecule has 1 aliphatic carbocycles. The minimum absolute atomic E-state index is 0.0917. The summed E-state index contributed by atoms with van der Waals surface area (Å²) in [5.41, 5.74) is 6.41. The Balaban J connectivity index is 1.78. The van der Waals surface area contributed by atoms with Crippen molar-refractivity contribution in [1.29, 1.82) is 0 Å². The summed E-state index contributed by atoms with van der Waals surface area (Å²) in [6, 6.07) is 0. The van der Waals surface area contributed by atoms with Crippen molar-refractivity contribution in [2.75, 3.05) is 19.8 Å². The summed E-state index contributed by atoms with van der Waals surface area (Å²) in [5, 5.41) is 3.51. The fraction of sp³-hybridized carbons (Fsp3) is 1.00. The molecule has 3 heteroatoms. The lowest BCUT2D eigenvalue weighted by atomic mass is 10.00. The lowest BCUT2D eigenvalue weighted by Gasteiger charge is -2.24. The number of nitrogens with two attached hydrogens (primary N) is 1. The van der Waals surface area contributed by atoms with Crippen LogP contribution in [0, 0.1) is 0 Å². The van der Waals surface area contributed by atoms with Crippen LogP contribution in [0.25, 0.3) is 0 Å². The molecule has 1 heterocycles. The normalized spacial score (nSPS) is 38.5. The van der Waals surface area contributed by atoms with Gasteiger partial charge in [0.25, 0.3) is 0 Å². The van der Waals surface area contributed by atoms with Gasteiger partial charge < -0.3 is 15.8 Å². The fourth-order valence-electron chi connectivity index (χ4n) is 1.52. The SMILES string of the molecule is CC1(NCC2(N)CCOC2)CC1. The number of hydrogen-bond donors (Lipinski definition) is 2. The van der Waals surface area contributed by atoms with Crippen molar-refractivity contribution in [3.05, 3.63) is 0 Å². The van der Waals surface area contributed by atoms with Crippen LogP contribution in [0.1, 0.15) is 26.2 Å². The summed E-state index contributed by atoms with van der Waals surface area (Å²) in [4.78, 5) is 0. The molecule has 2 fully saturated rings. The summed E-state index contributed by atoms with van der Waals surface area (Å²) in [6.45, 7) is 4.71. The Morgan fingerprint density at radius 3 is 2.67 bits per heavy atom. The van der Waals surface area contributed by atoms with Crippen LogP contribution in [0.4, 0.5) is 0 Å². The molecule has 0 aromatic carbocycles. The maximum absolute atomic E-state index is 6.11. The lowest BCUT2D eigenvalue weighted by Crippen LogP contribution is -2.51. The second-order valence-electron chi connectivity index (χ2n) is 4.58. The van der Waals surface area contributed by atoms with E-state index in [-0.39, 0.29) is 5.54 Å². The van der Waals surface area contributed by atoms with Crippen LogP contribution in [-0.4, -0.2) is 30.8 Å². The van der Waals surface area contributed by atoms with E-state index < -0.39 is 0 Å². The second-order valence-corrected chi connectivity index (χ2v) is 4.58. The van der Waals surface area contributed by atoms with Crippen LogP contribution < -0.4 is 11.1 Å². The monoisotopic (exact) mass is 170 g/mol. The third-order valence-corrected chi connectivity index (χ3v) is 3.00. The standard InChI is InChI=1S/C9H18N2O/c1-8(2-3-8)11-6-9(10)4-5-12-7-9/h11H,2-7,10H2,1H3. The highest BCUT2D eigenvalue weighted by molar-refractivity contribution is 5.01. The molecule has 0 spiro atoms. The molecule has 2 rings (SSSR count). The van der Waals surface area contributed by atoms with Crippen molar-refractivity contribution >= 4 is 0 Å². The van der Waals surface area contributed by atoms with Crippen LogP contribution in [0.3, 0.4) is 0 Å². The van der Waals surface area contributed by atoms with Gasteiger partial charge in [0.05, 0.1) is 12.1 Å². The zero-order valence-corrected chi connectivity index (χ0v) is 7.73. The zero-order chi connectivity index (χ0) is 8.66. The van der Waals surface area contributed by atoms with Crippen LogP contribution in [0.15, 0.2) is 0 Å². The van der Waals surface area contributed by atoms with Gasteiger partial charge in [-0.25, -0.2) is 0 Å². The summed E-state index contributed by atoms with van der Waals surface area (Å²) in [7, 11) is 0. The topological polar surface area (TPSA) is 47.3 Å². The molecule has 0 aromatic rings. The molecule has 0 aromatic heterocycles. The van der Waals surface area contributed by atoms with Gasteiger partial charge in [0.1, 0.15) is 0 Å². The highest BCUT2D eigenvalue weighted by Crippen LogP contribution is 2.34. The van der Waals surface area contributed by atoms with Crippen LogP contribution in [-0.2, 0) is 4.74 Å². The number of hydrogen-bond acceptors (Lipinski definition) is 3. The summed E-state index contributed by atoms with van der Waals surface area (Å²) >= 11 is 0. The molecular formula is C9H18N2O. The Bertz CT molecular complexity index is 171. The Morgan fingerprint density at radius 2 is 2.17 bits per heavy atom. The van der Waals surface area contributed by atoms with E-state index in [0.29, 0.717) is 5.54 Å². The van der Waals surface area contributed by atoms with Gasteiger partial charge >= 0.3 is 0 Å². The molecule has 70 valence electrons. The fourth-order valence-corrected chi connectivity index (χ4v) is 1.52. The van der Waals surface area contributed by atoms with E-state index in [1.54, 1.807) is 0 Å². The van der Waals surface area contributed by atoms with Gasteiger partial charge in [-0.05, 0) is 26.2 Å². The zero-order valence-electron chi connectivity index (χ0n) is 7.73. The van der Waals surface area contributed by atoms with Crippen LogP contribution in [0.5, 0.6) is 0 Å². The van der Waals surface area contributed by atoms with Crippen molar-refractivity contribution in [3.8, 4) is 0 Å². The van der Waals surface area contributed by atoms with Crippen LogP contribution in [0.2, 0.25) is 0 Å². The summed E-state index contributed by atoms with van der Waals surface area (Å²) < 4.78 is 5.28. The number of nitrogens with one attached hydrogen (secondary N) is 1. The summed E-state index contributed by atoms with van der Waals surface area (Å²) in [6.07, 6.45) is 3.59. The van der Waals surface area contributed by atoms with E-state index in [1.165, 1.54) is 12.8 Å². The minimum atomic E-state index is -0.0917. The molecule has 2 aliphatic rings. The molecular weight excluding hydrogens is 152 g/mol. The molecule has 1 saturated heterocycles. The molecule has 12 heavy (non-hydrogen) atoms. The first-order valence-electron chi connectivity index (χ1n) is 4.74. The Labute approximate surface area is 73.7 Å². The van der Waals surface area contributed by atoms with E-state index in [1.807, 2.05) is 0 Å². The van der Waals surface area contributed by atoms with Gasteiger partial charge in [-0.1, -0.05) is 0 Å². The van der Waals surface area contributed by atoms with Gasteiger partial charge in [-0.3, -0.25) is 0 Å². The highest BCUT2D eigenvalue weighted by Gasteiger charge is 2.39. The molecule has 0 bridgehead atoms. The third kappa shape index (κ3) is 1.79. The van der Waals surface area contributed by atoms with Gasteiger partial charge in [-0.2, -0.15) is 0 Å². The average molecular weight is 170 g/mol. The van der Waals surface area contributed by atoms with Crippen LogP contribution >= 0.6 is 0 Å². The van der Waals surface area contributed by atoms with E-state index >= 15 is 0 Å². The van der Waals surface area contributed by atoms with Gasteiger partial charge in [0.15, 0.2) is 0 Å². The predicted octanol–water partition coefficient (Wildman–Crippen LogP) is 0.246. The Morgan fingerprint density at radius 1 is 1.42 bits per heavy atom. The maximum Gasteiger partial charge on any atom is 0.0659 e. The molecule has 0 radical (unpaired) electrons. The first-order chi connectivity index (χ1) is 5.62. The van der Waals surface area contributed by atoms with Crippen molar-refractivity contribution in [2.45, 2.75) is 37.3 Å². The van der Waals surface area contributed by atoms with Gasteiger partial charge in [0, 0.05) is 18.7 Å². The quantitative estimate of drug-likeness (QED) is 0.638. The molecule has 1 unspecified atom stereocenters. The smallest absolute Gasteiger partial charge is 0.0659 e. The Hall–Kier alpha value is -0.120. The van der Waals surface area contributed by atoms with E-state index in [0.717, 1.165) is 26.2 Å². The van der Waals surface area contributed by atoms with Gasteiger partial charge in [0.2, 0.25) is 0 Å². The number of ether oxygens (including phenoxy) is 1. The maximum atomic E-state index is 6.11. The van der Waals surface area contributed by atoms with E-state index in [9.17, 15) is 0 Å². The molecule has 3 nitrogen and oxygen atoms in total.